The summed E-state index contributed by atoms with van der Waals surface area (Å²) in [5, 5.41) is 12.6. The third kappa shape index (κ3) is 11.7. The maximum Gasteiger partial charge on any atom is 2.00 e. The van der Waals surface area contributed by atoms with Crippen LogP contribution in [0.1, 0.15) is 62.3 Å². The molecule has 0 fully saturated rings. The monoisotopic (exact) mass is 866 g/mol. The van der Waals surface area contributed by atoms with Crippen molar-refractivity contribution in [2.75, 3.05) is 0 Å². The van der Waals surface area contributed by atoms with Crippen molar-refractivity contribution in [1.29, 1.82) is 0 Å². The first-order chi connectivity index (χ1) is 25.2. The Hall–Kier alpha value is -4.66. The molecule has 2 aliphatic rings. The zero-order valence-electron chi connectivity index (χ0n) is 33.1. The zero-order valence-corrected chi connectivity index (χ0v) is 37.1. The quantitative estimate of drug-likeness (QED) is 0.0947. The molecule has 0 saturated carbocycles. The molecule has 0 heterocycles. The summed E-state index contributed by atoms with van der Waals surface area (Å²) < 4.78 is 0. The summed E-state index contributed by atoms with van der Waals surface area (Å²) in [5.74, 6) is -0.324. The number of hydrogen-bond donors (Lipinski definition) is 6. The normalized spacial score (nSPS) is 16.9. The Morgan fingerprint density at radius 2 is 0.873 bits per heavy atom. The molecule has 2 aromatic carbocycles. The number of nitrogens with one attached hydrogen (secondary N) is 6. The van der Waals surface area contributed by atoms with Crippen molar-refractivity contribution in [2.24, 2.45) is 10.8 Å². The molecular weight excluding hydrogens is 813 g/mol. The summed E-state index contributed by atoms with van der Waals surface area (Å²) in [6, 6.07) is 16.9. The Bertz CT molecular complexity index is 1730. The predicted octanol–water partition coefficient (Wildman–Crippen LogP) is 4.13. The molecule has 2 atom stereocenters. The fourth-order valence-electron chi connectivity index (χ4n) is 6.46. The van der Waals surface area contributed by atoms with Crippen LogP contribution in [0.25, 0.3) is 0 Å². The molecule has 6 N–H and O–H groups in total. The first kappa shape index (κ1) is 46.5. The molecule has 2 aliphatic carbocycles. The summed E-state index contributed by atoms with van der Waals surface area (Å²) in [7, 11) is -5.11. The molecule has 2 aromatic rings. The molecule has 15 heteroatoms. The third-order valence-corrected chi connectivity index (χ3v) is 14.0. The van der Waals surface area contributed by atoms with Gasteiger partial charge in [0.2, 0.25) is 37.5 Å². The summed E-state index contributed by atoms with van der Waals surface area (Å²) in [6.45, 7) is 20.3. The van der Waals surface area contributed by atoms with E-state index in [1.807, 2.05) is 104 Å². The summed E-state index contributed by atoms with van der Waals surface area (Å²) in [5.41, 5.74) is 3.56. The Balaban J connectivity index is 0.000000373. The number of rotatable bonds is 14. The van der Waals surface area contributed by atoms with E-state index in [0.717, 1.165) is 21.5 Å². The summed E-state index contributed by atoms with van der Waals surface area (Å²) in [4.78, 5) is 76.3. The topological polar surface area (TPSA) is 175 Å². The van der Waals surface area contributed by atoms with Crippen LogP contribution in [0, 0.1) is 23.0 Å². The van der Waals surface area contributed by atoms with Gasteiger partial charge in [0.15, 0.2) is 0 Å². The van der Waals surface area contributed by atoms with Crippen LogP contribution in [-0.4, -0.2) is 66.0 Å². The first-order valence-electron chi connectivity index (χ1n) is 17.6. The van der Waals surface area contributed by atoms with Gasteiger partial charge in [-0.2, -0.15) is 10.4 Å². The average Bonchev–Trinajstić information content (AvgIpc) is 3.66. The first-order valence-corrected chi connectivity index (χ1v) is 23.6. The van der Waals surface area contributed by atoms with E-state index in [9.17, 15) is 28.8 Å². The smallest absolute Gasteiger partial charge is 0.389 e. The molecule has 4 rings (SSSR count). The molecule has 0 bridgehead atoms. The van der Waals surface area contributed by atoms with Crippen molar-refractivity contribution in [3.63, 3.8) is 0 Å². The molecule has 6 amide bonds. The van der Waals surface area contributed by atoms with Crippen LogP contribution in [0.5, 0.6) is 0 Å². The molecule has 55 heavy (non-hydrogen) atoms. The third-order valence-electron chi connectivity index (χ3n) is 8.77. The second-order valence-electron chi connectivity index (χ2n) is 16.0. The second-order valence-corrected chi connectivity index (χ2v) is 24.0. The SMILES string of the molecule is CC(C)(C)C1=[C-]C(NC=O)C(NC=O)=C1[Si](C)(C)NC(=O)c1ccccc1.CC(C)(C)C1=[C-]C(NC=O)C(NC=O)=C1[Si](C)(C)NC(=O)c1ccccc1.[Mo+2]. The Kier molecular flexibility index (Phi) is 16.3. The van der Waals surface area contributed by atoms with E-state index in [1.54, 1.807) is 24.3 Å². The van der Waals surface area contributed by atoms with Crippen LogP contribution < -0.4 is 31.2 Å². The van der Waals surface area contributed by atoms with Crippen LogP contribution in [0.3, 0.4) is 0 Å². The number of allylic oxidation sites excluding steroid dienone is 4. The van der Waals surface area contributed by atoms with E-state index in [4.69, 9.17) is 0 Å². The van der Waals surface area contributed by atoms with Crippen molar-refractivity contribution >= 4 is 53.9 Å². The van der Waals surface area contributed by atoms with Crippen LogP contribution in [0.4, 0.5) is 0 Å². The molecule has 0 aliphatic heterocycles. The van der Waals surface area contributed by atoms with Crippen molar-refractivity contribution in [3.8, 4) is 0 Å². The summed E-state index contributed by atoms with van der Waals surface area (Å²) in [6.07, 6.45) is 8.95. The number of benzene rings is 2. The van der Waals surface area contributed by atoms with E-state index in [2.05, 4.69) is 43.4 Å². The molecule has 0 aromatic heterocycles. The second kappa shape index (κ2) is 19.3. The zero-order chi connectivity index (χ0) is 40.5. The molecule has 2 unspecified atom stereocenters. The van der Waals surface area contributed by atoms with Gasteiger partial charge in [-0.05, 0) is 47.2 Å². The van der Waals surface area contributed by atoms with Gasteiger partial charge >= 0.3 is 21.1 Å². The number of amides is 6. The van der Waals surface area contributed by atoms with Gasteiger partial charge in [0.1, 0.15) is 0 Å². The number of hydrogen-bond acceptors (Lipinski definition) is 6. The van der Waals surface area contributed by atoms with Gasteiger partial charge in [0.05, 0.1) is 16.5 Å². The van der Waals surface area contributed by atoms with Crippen molar-refractivity contribution in [1.82, 2.24) is 31.2 Å². The Morgan fingerprint density at radius 1 is 0.564 bits per heavy atom. The van der Waals surface area contributed by atoms with E-state index in [0.29, 0.717) is 48.2 Å². The van der Waals surface area contributed by atoms with E-state index >= 15 is 0 Å². The molecule has 0 spiro atoms. The number of carbonyl (C=O) groups excluding carboxylic acids is 6. The molecule has 0 saturated heterocycles. The maximum absolute atomic E-state index is 12.8. The van der Waals surface area contributed by atoms with Gasteiger partial charge in [-0.15, -0.1) is 0 Å². The molecule has 0 radical (unpaired) electrons. The van der Waals surface area contributed by atoms with Gasteiger partial charge in [-0.3, -0.25) is 28.8 Å². The van der Waals surface area contributed by atoms with Crippen molar-refractivity contribution in [3.05, 3.63) is 117 Å². The van der Waals surface area contributed by atoms with Crippen LogP contribution in [0.2, 0.25) is 26.2 Å². The van der Waals surface area contributed by atoms with Crippen molar-refractivity contribution < 1.29 is 49.8 Å². The predicted molar refractivity (Wildman–Crippen MR) is 214 cm³/mol. The van der Waals surface area contributed by atoms with Crippen LogP contribution in [0.15, 0.2) is 93.6 Å². The minimum atomic E-state index is -2.56. The Labute approximate surface area is 341 Å². The van der Waals surface area contributed by atoms with Gasteiger partial charge < -0.3 is 31.2 Å². The van der Waals surface area contributed by atoms with Gasteiger partial charge in [0.25, 0.3) is 0 Å². The van der Waals surface area contributed by atoms with E-state index in [-0.39, 0.29) is 43.7 Å². The largest absolute Gasteiger partial charge is 2.00 e. The average molecular weight is 865 g/mol. The van der Waals surface area contributed by atoms with E-state index < -0.39 is 28.6 Å². The molecule has 12 nitrogen and oxygen atoms in total. The minimum absolute atomic E-state index is 0. The Morgan fingerprint density at radius 3 is 1.13 bits per heavy atom. The number of carbonyl (C=O) groups is 6. The van der Waals surface area contributed by atoms with Gasteiger partial charge in [-0.25, -0.2) is 23.3 Å². The fraction of sp³-hybridized carbons (Fsp3) is 0.350. The maximum atomic E-state index is 12.8. The minimum Gasteiger partial charge on any atom is -0.389 e. The standard InChI is InChI=1S/2C20H26N3O3Si.Mo/c2*1-20(2,3)15-11-16(21-12-24)17(22-13-25)18(15)27(4,5)23-19(26)14-9-7-6-8-10-14;/h2*6-10,12-13,16H,1-5H3,(H,21,24)(H,22,25)(H,23,26);/q2*-1;+2. The fourth-order valence-corrected chi connectivity index (χ4v) is 12.1. The van der Waals surface area contributed by atoms with Gasteiger partial charge in [-0.1, -0.05) is 116 Å². The van der Waals surface area contributed by atoms with Crippen LogP contribution >= 0.6 is 0 Å². The molecular formula is C40H52MoN6O6Si2. The van der Waals surface area contributed by atoms with Gasteiger partial charge in [0, 0.05) is 11.1 Å². The molecule has 292 valence electrons. The van der Waals surface area contributed by atoms with E-state index in [1.165, 1.54) is 0 Å². The van der Waals surface area contributed by atoms with Crippen LogP contribution in [-0.2, 0) is 40.2 Å². The van der Waals surface area contributed by atoms with Crippen molar-refractivity contribution in [2.45, 2.75) is 79.8 Å². The summed E-state index contributed by atoms with van der Waals surface area (Å²) >= 11 is 0.